The van der Waals surface area contributed by atoms with E-state index in [-0.39, 0.29) is 5.91 Å². The second-order valence-electron chi connectivity index (χ2n) is 7.15. The first-order chi connectivity index (χ1) is 11.7. The molecule has 25 heavy (non-hydrogen) atoms. The molecule has 0 saturated carbocycles. The van der Waals surface area contributed by atoms with E-state index in [2.05, 4.69) is 5.32 Å². The first kappa shape index (κ1) is 19.9. The Morgan fingerprint density at radius 3 is 2.60 bits per heavy atom. The van der Waals surface area contributed by atoms with Crippen molar-refractivity contribution < 1.29 is 14.3 Å². The highest BCUT2D eigenvalue weighted by atomic mass is 35.5. The Kier molecular flexibility index (Phi) is 6.58. The molecular weight excluding hydrogens is 363 g/mol. The van der Waals surface area contributed by atoms with Crippen molar-refractivity contribution in [1.29, 1.82) is 0 Å². The zero-order chi connectivity index (χ0) is 18.6. The van der Waals surface area contributed by atoms with E-state index in [1.165, 1.54) is 4.90 Å². The fourth-order valence-corrected chi connectivity index (χ4v) is 3.02. The van der Waals surface area contributed by atoms with Crippen LogP contribution in [0.2, 0.25) is 10.0 Å². The van der Waals surface area contributed by atoms with Crippen molar-refractivity contribution in [3.8, 4) is 0 Å². The molecule has 1 aromatic rings. The highest BCUT2D eigenvalue weighted by Gasteiger charge is 2.34. The minimum absolute atomic E-state index is 0.184. The summed E-state index contributed by atoms with van der Waals surface area (Å²) in [7, 11) is 0. The van der Waals surface area contributed by atoms with Crippen LogP contribution in [0.1, 0.15) is 45.6 Å². The molecule has 138 valence electrons. The zero-order valence-corrected chi connectivity index (χ0v) is 16.3. The minimum Gasteiger partial charge on any atom is -0.444 e. The van der Waals surface area contributed by atoms with Gasteiger partial charge in [-0.05, 0) is 57.7 Å². The molecule has 2 rings (SSSR count). The predicted molar refractivity (Wildman–Crippen MR) is 98.9 cm³/mol. The van der Waals surface area contributed by atoms with Gasteiger partial charge >= 0.3 is 6.09 Å². The Morgan fingerprint density at radius 1 is 1.24 bits per heavy atom. The van der Waals surface area contributed by atoms with Gasteiger partial charge in [0.2, 0.25) is 5.91 Å². The normalized spacial score (nSPS) is 18.0. The minimum atomic E-state index is -0.588. The van der Waals surface area contributed by atoms with Gasteiger partial charge in [0.15, 0.2) is 0 Å². The average Bonchev–Trinajstić information content (AvgIpc) is 2.54. The number of nitrogens with one attached hydrogen (secondary N) is 1. The number of carbonyl (C=O) groups is 2. The fraction of sp³-hybridized carbons (Fsp3) is 0.556. The number of hydrogen-bond acceptors (Lipinski definition) is 3. The molecule has 7 heteroatoms. The lowest BCUT2D eigenvalue weighted by Gasteiger charge is -2.35. The first-order valence-corrected chi connectivity index (χ1v) is 9.14. The lowest BCUT2D eigenvalue weighted by molar-refractivity contribution is -0.127. The van der Waals surface area contributed by atoms with Gasteiger partial charge < -0.3 is 10.1 Å². The average molecular weight is 387 g/mol. The number of amides is 2. The van der Waals surface area contributed by atoms with Crippen molar-refractivity contribution in [2.24, 2.45) is 0 Å². The van der Waals surface area contributed by atoms with E-state index in [9.17, 15) is 9.59 Å². The third-order valence-corrected chi connectivity index (χ3v) is 4.62. The van der Waals surface area contributed by atoms with Gasteiger partial charge in [-0.15, -0.1) is 0 Å². The molecule has 1 N–H and O–H groups in total. The van der Waals surface area contributed by atoms with Crippen LogP contribution in [-0.4, -0.2) is 35.1 Å². The van der Waals surface area contributed by atoms with E-state index in [0.717, 1.165) is 18.4 Å². The monoisotopic (exact) mass is 386 g/mol. The van der Waals surface area contributed by atoms with Gasteiger partial charge in [0.05, 0.1) is 10.0 Å². The number of ether oxygens (including phenoxy) is 1. The van der Waals surface area contributed by atoms with Crippen LogP contribution >= 0.6 is 23.2 Å². The van der Waals surface area contributed by atoms with Crippen LogP contribution in [0.5, 0.6) is 0 Å². The topological polar surface area (TPSA) is 58.6 Å². The van der Waals surface area contributed by atoms with Crippen molar-refractivity contribution >= 4 is 35.2 Å². The summed E-state index contributed by atoms with van der Waals surface area (Å²) in [5.74, 6) is -0.184. The Hall–Kier alpha value is -1.46. The maximum absolute atomic E-state index is 12.6. The molecule has 5 nitrogen and oxygen atoms in total. The van der Waals surface area contributed by atoms with Crippen molar-refractivity contribution in [2.75, 3.05) is 6.54 Å². The Bertz CT molecular complexity index is 644. The fourth-order valence-electron chi connectivity index (χ4n) is 2.70. The molecule has 1 heterocycles. The number of rotatable bonds is 3. The Balaban J connectivity index is 1.99. The molecule has 0 spiro atoms. The van der Waals surface area contributed by atoms with Crippen molar-refractivity contribution in [3.05, 3.63) is 33.8 Å². The Morgan fingerprint density at radius 2 is 1.96 bits per heavy atom. The second kappa shape index (κ2) is 8.28. The number of benzene rings is 1. The molecule has 1 aromatic carbocycles. The number of hydrogen-bond donors (Lipinski definition) is 1. The van der Waals surface area contributed by atoms with Crippen LogP contribution in [0.15, 0.2) is 18.2 Å². The van der Waals surface area contributed by atoms with E-state index in [1.807, 2.05) is 20.8 Å². The first-order valence-electron chi connectivity index (χ1n) is 8.38. The molecule has 1 aliphatic rings. The Labute approximate surface area is 158 Å². The molecule has 0 aromatic heterocycles. The molecule has 1 fully saturated rings. The maximum atomic E-state index is 12.6. The van der Waals surface area contributed by atoms with Gasteiger partial charge in [-0.1, -0.05) is 29.3 Å². The van der Waals surface area contributed by atoms with Crippen molar-refractivity contribution in [3.63, 3.8) is 0 Å². The van der Waals surface area contributed by atoms with Crippen molar-refractivity contribution in [1.82, 2.24) is 10.2 Å². The van der Waals surface area contributed by atoms with E-state index in [0.29, 0.717) is 29.6 Å². The smallest absolute Gasteiger partial charge is 0.410 e. The molecule has 1 aliphatic heterocycles. The van der Waals surface area contributed by atoms with Gasteiger partial charge in [0.25, 0.3) is 0 Å². The third-order valence-electron chi connectivity index (χ3n) is 3.88. The molecule has 0 aliphatic carbocycles. The van der Waals surface area contributed by atoms with Gasteiger partial charge in [-0.25, -0.2) is 4.79 Å². The van der Waals surface area contributed by atoms with Crippen LogP contribution in [-0.2, 0) is 16.1 Å². The molecule has 2 amide bonds. The second-order valence-corrected chi connectivity index (χ2v) is 7.97. The van der Waals surface area contributed by atoms with E-state index < -0.39 is 17.7 Å². The van der Waals surface area contributed by atoms with Gasteiger partial charge in [0, 0.05) is 13.1 Å². The number of nitrogens with zero attached hydrogens (tertiary/aromatic N) is 1. The SMILES string of the molecule is CC(C)(C)OC(=O)N1CCCC[C@@H]1C(=O)NCc1ccc(Cl)c(Cl)c1. The van der Waals surface area contributed by atoms with Crippen LogP contribution in [0.25, 0.3) is 0 Å². The summed E-state index contributed by atoms with van der Waals surface area (Å²) in [5.41, 5.74) is 0.262. The summed E-state index contributed by atoms with van der Waals surface area (Å²) in [5, 5.41) is 3.79. The zero-order valence-electron chi connectivity index (χ0n) is 14.8. The van der Waals surface area contributed by atoms with Gasteiger partial charge in [-0.3, -0.25) is 9.69 Å². The van der Waals surface area contributed by atoms with Gasteiger partial charge in [-0.2, -0.15) is 0 Å². The van der Waals surface area contributed by atoms with Crippen molar-refractivity contribution in [2.45, 2.75) is 58.2 Å². The summed E-state index contributed by atoms with van der Waals surface area (Å²) in [4.78, 5) is 26.5. The standard InChI is InChI=1S/C18H24Cl2N2O3/c1-18(2,3)25-17(24)22-9-5-4-6-15(22)16(23)21-11-12-7-8-13(19)14(20)10-12/h7-8,10,15H,4-6,9,11H2,1-3H3,(H,21,23)/t15-/m1/s1. The van der Waals surface area contributed by atoms with Gasteiger partial charge in [0.1, 0.15) is 11.6 Å². The molecule has 1 saturated heterocycles. The highest BCUT2D eigenvalue weighted by Crippen LogP contribution is 2.23. The third kappa shape index (κ3) is 5.79. The van der Waals surface area contributed by atoms with Crippen LogP contribution in [0.4, 0.5) is 4.79 Å². The van der Waals surface area contributed by atoms with Crippen LogP contribution in [0, 0.1) is 0 Å². The lowest BCUT2D eigenvalue weighted by Crippen LogP contribution is -2.52. The maximum Gasteiger partial charge on any atom is 0.410 e. The van der Waals surface area contributed by atoms with E-state index in [4.69, 9.17) is 27.9 Å². The molecule has 0 bridgehead atoms. The quantitative estimate of drug-likeness (QED) is 0.837. The number of piperidine rings is 1. The largest absolute Gasteiger partial charge is 0.444 e. The highest BCUT2D eigenvalue weighted by molar-refractivity contribution is 6.42. The van der Waals surface area contributed by atoms with Crippen LogP contribution in [0.3, 0.4) is 0 Å². The number of likely N-dealkylation sites (tertiary alicyclic amines) is 1. The van der Waals surface area contributed by atoms with E-state index >= 15 is 0 Å². The summed E-state index contributed by atoms with van der Waals surface area (Å²) in [6.45, 7) is 6.30. The molecule has 1 atom stereocenters. The molecule has 0 unspecified atom stereocenters. The number of halogens is 2. The number of carbonyl (C=O) groups excluding carboxylic acids is 2. The predicted octanol–water partition coefficient (Wildman–Crippen LogP) is 4.40. The molecular formula is C18H24Cl2N2O3. The molecule has 0 radical (unpaired) electrons. The van der Waals surface area contributed by atoms with Crippen LogP contribution < -0.4 is 5.32 Å². The summed E-state index contributed by atoms with van der Waals surface area (Å²) in [6, 6.07) is 4.71. The summed E-state index contributed by atoms with van der Waals surface area (Å²) < 4.78 is 5.42. The lowest BCUT2D eigenvalue weighted by atomic mass is 10.0. The summed E-state index contributed by atoms with van der Waals surface area (Å²) >= 11 is 11.9. The van der Waals surface area contributed by atoms with E-state index in [1.54, 1.807) is 18.2 Å². The summed E-state index contributed by atoms with van der Waals surface area (Å²) in [6.07, 6.45) is 1.97.